The third kappa shape index (κ3) is 5.01. The van der Waals surface area contributed by atoms with Gasteiger partial charge in [0.05, 0.1) is 6.61 Å². The van der Waals surface area contributed by atoms with E-state index in [9.17, 15) is 0 Å². The largest absolute Gasteiger partial charge is 0.494 e. The van der Waals surface area contributed by atoms with Gasteiger partial charge >= 0.3 is 0 Å². The first-order valence-electron chi connectivity index (χ1n) is 8.54. The van der Waals surface area contributed by atoms with Gasteiger partial charge in [0, 0.05) is 6.04 Å². The molecule has 0 spiro atoms. The molecule has 3 heteroatoms. The summed E-state index contributed by atoms with van der Waals surface area (Å²) >= 11 is 0. The van der Waals surface area contributed by atoms with Gasteiger partial charge < -0.3 is 4.74 Å². The molecule has 1 aliphatic carbocycles. The number of nitrogens with two attached hydrogens (primary N) is 1. The second-order valence-corrected chi connectivity index (χ2v) is 6.17. The zero-order valence-corrected chi connectivity index (χ0v) is 13.3. The van der Waals surface area contributed by atoms with Crippen LogP contribution in [0.15, 0.2) is 24.3 Å². The van der Waals surface area contributed by atoms with Gasteiger partial charge in [-0.05, 0) is 42.9 Å². The van der Waals surface area contributed by atoms with Crippen molar-refractivity contribution in [3.8, 4) is 5.75 Å². The van der Waals surface area contributed by atoms with Crippen molar-refractivity contribution in [2.45, 2.75) is 64.3 Å². The average Bonchev–Trinajstić information content (AvgIpc) is 2.49. The van der Waals surface area contributed by atoms with Crippen LogP contribution in [0.4, 0.5) is 0 Å². The number of hydrogen-bond acceptors (Lipinski definition) is 3. The maximum atomic E-state index is 5.86. The molecule has 0 amide bonds. The molecule has 3 N–H and O–H groups in total. The van der Waals surface area contributed by atoms with Gasteiger partial charge in [0.25, 0.3) is 0 Å². The Morgan fingerprint density at radius 2 is 1.71 bits per heavy atom. The van der Waals surface area contributed by atoms with E-state index in [0.29, 0.717) is 5.92 Å². The Kier molecular flexibility index (Phi) is 7.04. The lowest BCUT2D eigenvalue weighted by molar-refractivity contribution is 0.290. The molecule has 0 bridgehead atoms. The highest BCUT2D eigenvalue weighted by molar-refractivity contribution is 5.29. The molecule has 0 aromatic heterocycles. The van der Waals surface area contributed by atoms with Gasteiger partial charge in [-0.1, -0.05) is 51.2 Å². The summed E-state index contributed by atoms with van der Waals surface area (Å²) in [6.07, 6.45) is 10.4. The fraction of sp³-hybridized carbons (Fsp3) is 0.667. The summed E-state index contributed by atoms with van der Waals surface area (Å²) in [4.78, 5) is 0. The fourth-order valence-electron chi connectivity index (χ4n) is 3.32. The van der Waals surface area contributed by atoms with Crippen LogP contribution in [0.2, 0.25) is 0 Å². The highest BCUT2D eigenvalue weighted by Gasteiger charge is 2.22. The molecule has 1 aromatic rings. The van der Waals surface area contributed by atoms with Crippen LogP contribution in [0.3, 0.4) is 0 Å². The molecule has 1 aliphatic rings. The molecule has 0 saturated heterocycles. The molecule has 1 unspecified atom stereocenters. The molecule has 1 fully saturated rings. The lowest BCUT2D eigenvalue weighted by atomic mass is 9.83. The number of benzene rings is 1. The van der Waals surface area contributed by atoms with Crippen molar-refractivity contribution in [3.63, 3.8) is 0 Å². The molecule has 2 rings (SSSR count). The van der Waals surface area contributed by atoms with E-state index < -0.39 is 0 Å². The van der Waals surface area contributed by atoms with Crippen LogP contribution in [0.25, 0.3) is 0 Å². The van der Waals surface area contributed by atoms with Gasteiger partial charge in [0.15, 0.2) is 0 Å². The molecule has 1 saturated carbocycles. The van der Waals surface area contributed by atoms with Crippen molar-refractivity contribution in [2.75, 3.05) is 6.61 Å². The third-order valence-corrected chi connectivity index (χ3v) is 4.51. The van der Waals surface area contributed by atoms with E-state index >= 15 is 0 Å². The molecule has 0 radical (unpaired) electrons. The van der Waals surface area contributed by atoms with E-state index in [2.05, 4.69) is 36.6 Å². The molecular formula is C18H30N2O. The number of hydrazine groups is 1. The third-order valence-electron chi connectivity index (χ3n) is 4.51. The van der Waals surface area contributed by atoms with E-state index in [1.165, 1.54) is 50.5 Å². The molecule has 21 heavy (non-hydrogen) atoms. The normalized spacial score (nSPS) is 18.8. The quantitative estimate of drug-likeness (QED) is 0.605. The van der Waals surface area contributed by atoms with Gasteiger partial charge in [-0.25, -0.2) is 0 Å². The molecule has 118 valence electrons. The summed E-state index contributed by atoms with van der Waals surface area (Å²) in [6, 6.07) is 8.72. The van der Waals surface area contributed by atoms with Crippen molar-refractivity contribution >= 4 is 0 Å². The Balaban J connectivity index is 2.01. The lowest BCUT2D eigenvalue weighted by Gasteiger charge is -2.28. The molecule has 0 aliphatic heterocycles. The lowest BCUT2D eigenvalue weighted by Crippen LogP contribution is -2.34. The van der Waals surface area contributed by atoms with Crippen molar-refractivity contribution in [2.24, 2.45) is 11.8 Å². The number of hydrogen-bond donors (Lipinski definition) is 2. The summed E-state index contributed by atoms with van der Waals surface area (Å²) in [5, 5.41) is 0. The van der Waals surface area contributed by atoms with Crippen molar-refractivity contribution < 1.29 is 4.74 Å². The Hall–Kier alpha value is -1.06. The van der Waals surface area contributed by atoms with Crippen molar-refractivity contribution in [1.29, 1.82) is 0 Å². The Labute approximate surface area is 129 Å². The SMILES string of the molecule is CCCOc1ccc(C(NN)C2CCCCCCC2)cc1. The van der Waals surface area contributed by atoms with Gasteiger partial charge in [-0.2, -0.15) is 0 Å². The molecule has 1 aromatic carbocycles. The average molecular weight is 290 g/mol. The predicted molar refractivity (Wildman–Crippen MR) is 88.1 cm³/mol. The van der Waals surface area contributed by atoms with E-state index in [0.717, 1.165) is 18.8 Å². The smallest absolute Gasteiger partial charge is 0.119 e. The minimum atomic E-state index is 0.267. The minimum absolute atomic E-state index is 0.267. The monoisotopic (exact) mass is 290 g/mol. The highest BCUT2D eigenvalue weighted by atomic mass is 16.5. The maximum absolute atomic E-state index is 5.86. The standard InChI is InChI=1S/C18H30N2O/c1-2-14-21-17-12-10-16(11-13-17)18(20-19)15-8-6-4-3-5-7-9-15/h10-13,15,18,20H,2-9,14,19H2,1H3. The van der Waals surface area contributed by atoms with Crippen LogP contribution < -0.4 is 16.0 Å². The first-order valence-corrected chi connectivity index (χ1v) is 8.54. The Bertz CT molecular complexity index is 383. The van der Waals surface area contributed by atoms with Crippen LogP contribution in [0.1, 0.15) is 69.9 Å². The van der Waals surface area contributed by atoms with Gasteiger partial charge in [0.1, 0.15) is 5.75 Å². The first kappa shape index (κ1) is 16.3. The van der Waals surface area contributed by atoms with Gasteiger partial charge in [-0.3, -0.25) is 11.3 Å². The van der Waals surface area contributed by atoms with E-state index in [1.54, 1.807) is 0 Å². The second kappa shape index (κ2) is 9.06. The van der Waals surface area contributed by atoms with Crippen LogP contribution in [-0.2, 0) is 0 Å². The Morgan fingerprint density at radius 3 is 2.29 bits per heavy atom. The predicted octanol–water partition coefficient (Wildman–Crippen LogP) is 4.34. The zero-order chi connectivity index (χ0) is 14.9. The summed E-state index contributed by atoms with van der Waals surface area (Å²) in [7, 11) is 0. The van der Waals surface area contributed by atoms with E-state index in [4.69, 9.17) is 10.6 Å². The van der Waals surface area contributed by atoms with Crippen LogP contribution in [0, 0.1) is 5.92 Å². The second-order valence-electron chi connectivity index (χ2n) is 6.17. The molecule has 0 heterocycles. The number of rotatable bonds is 6. The summed E-state index contributed by atoms with van der Waals surface area (Å²) in [6.45, 7) is 2.90. The molecule has 3 nitrogen and oxygen atoms in total. The van der Waals surface area contributed by atoms with Crippen LogP contribution in [-0.4, -0.2) is 6.61 Å². The summed E-state index contributed by atoms with van der Waals surface area (Å²) in [5.74, 6) is 7.47. The van der Waals surface area contributed by atoms with Crippen LogP contribution in [0.5, 0.6) is 5.75 Å². The topological polar surface area (TPSA) is 47.3 Å². The van der Waals surface area contributed by atoms with E-state index in [1.807, 2.05) is 0 Å². The van der Waals surface area contributed by atoms with E-state index in [-0.39, 0.29) is 6.04 Å². The maximum Gasteiger partial charge on any atom is 0.119 e. The Morgan fingerprint density at radius 1 is 1.10 bits per heavy atom. The number of ether oxygens (including phenoxy) is 1. The fourth-order valence-corrected chi connectivity index (χ4v) is 3.32. The molecule has 1 atom stereocenters. The van der Waals surface area contributed by atoms with Gasteiger partial charge in [0.2, 0.25) is 0 Å². The number of nitrogens with one attached hydrogen (secondary N) is 1. The van der Waals surface area contributed by atoms with Crippen LogP contribution >= 0.6 is 0 Å². The van der Waals surface area contributed by atoms with Crippen molar-refractivity contribution in [3.05, 3.63) is 29.8 Å². The van der Waals surface area contributed by atoms with Gasteiger partial charge in [-0.15, -0.1) is 0 Å². The highest BCUT2D eigenvalue weighted by Crippen LogP contribution is 2.33. The molecular weight excluding hydrogens is 260 g/mol. The summed E-state index contributed by atoms with van der Waals surface area (Å²) in [5.41, 5.74) is 4.34. The van der Waals surface area contributed by atoms with Crippen molar-refractivity contribution in [1.82, 2.24) is 5.43 Å². The first-order chi connectivity index (χ1) is 10.3. The minimum Gasteiger partial charge on any atom is -0.494 e. The zero-order valence-electron chi connectivity index (χ0n) is 13.3. The summed E-state index contributed by atoms with van der Waals surface area (Å²) < 4.78 is 5.65.